The molecule has 1 amide bonds. The van der Waals surface area contributed by atoms with Crippen molar-refractivity contribution in [3.63, 3.8) is 0 Å². The Morgan fingerprint density at radius 3 is 2.42 bits per heavy atom. The van der Waals surface area contributed by atoms with Crippen molar-refractivity contribution in [2.24, 2.45) is 0 Å². The van der Waals surface area contributed by atoms with Crippen molar-refractivity contribution in [3.05, 3.63) is 23.8 Å². The molecule has 0 spiro atoms. The monoisotopic (exact) mass is 267 g/mol. The van der Waals surface area contributed by atoms with Crippen LogP contribution in [0, 0.1) is 6.92 Å². The van der Waals surface area contributed by atoms with Gasteiger partial charge in [-0.3, -0.25) is 14.6 Å². The standard InChI is InChI=1S/C11H13N3O5/c1-6-4-13-8(5-12-6)10(17)14-7(11(18)19)2-3-9(15)16/h4-5,7H,2-3H2,1H3,(H,14,17)(H,15,16)(H,18,19)/t7-/m0/s1. The lowest BCUT2D eigenvalue weighted by Gasteiger charge is -2.12. The zero-order valence-electron chi connectivity index (χ0n) is 10.2. The number of rotatable bonds is 6. The molecule has 0 fully saturated rings. The van der Waals surface area contributed by atoms with Crippen LogP contribution in [0.4, 0.5) is 0 Å². The lowest BCUT2D eigenvalue weighted by molar-refractivity contribution is -0.140. The average Bonchev–Trinajstić information content (AvgIpc) is 2.34. The van der Waals surface area contributed by atoms with E-state index in [0.717, 1.165) is 0 Å². The molecule has 0 bridgehead atoms. The second kappa shape index (κ2) is 6.43. The molecule has 8 nitrogen and oxygen atoms in total. The number of amides is 1. The minimum Gasteiger partial charge on any atom is -0.481 e. The summed E-state index contributed by atoms with van der Waals surface area (Å²) in [4.78, 5) is 40.6. The van der Waals surface area contributed by atoms with Gasteiger partial charge in [-0.15, -0.1) is 0 Å². The molecule has 1 aromatic heterocycles. The largest absolute Gasteiger partial charge is 0.481 e. The highest BCUT2D eigenvalue weighted by Gasteiger charge is 2.22. The zero-order valence-corrected chi connectivity index (χ0v) is 10.2. The summed E-state index contributed by atoms with van der Waals surface area (Å²) in [6, 6.07) is -1.27. The highest BCUT2D eigenvalue weighted by Crippen LogP contribution is 2.01. The van der Waals surface area contributed by atoms with E-state index < -0.39 is 23.9 Å². The summed E-state index contributed by atoms with van der Waals surface area (Å²) in [5, 5.41) is 19.6. The normalized spacial score (nSPS) is 11.6. The molecule has 19 heavy (non-hydrogen) atoms. The Morgan fingerprint density at radius 1 is 1.26 bits per heavy atom. The average molecular weight is 267 g/mol. The van der Waals surface area contributed by atoms with E-state index in [1.807, 2.05) is 0 Å². The number of carboxylic acid groups (broad SMARTS) is 2. The maximum atomic E-state index is 11.7. The Kier molecular flexibility index (Phi) is 4.92. The van der Waals surface area contributed by atoms with Crippen LogP contribution in [0.3, 0.4) is 0 Å². The van der Waals surface area contributed by atoms with Crippen LogP contribution in [-0.4, -0.2) is 44.1 Å². The molecule has 0 unspecified atom stereocenters. The number of hydrogen-bond donors (Lipinski definition) is 3. The molecule has 102 valence electrons. The first-order chi connectivity index (χ1) is 8.90. The number of carbonyl (C=O) groups is 3. The van der Waals surface area contributed by atoms with Crippen molar-refractivity contribution >= 4 is 17.8 Å². The topological polar surface area (TPSA) is 129 Å². The Bertz CT molecular complexity index is 486. The van der Waals surface area contributed by atoms with Crippen LogP contribution in [0.25, 0.3) is 0 Å². The predicted molar refractivity (Wildman–Crippen MR) is 62.5 cm³/mol. The molecule has 0 aromatic carbocycles. The van der Waals surface area contributed by atoms with Gasteiger partial charge in [0.15, 0.2) is 0 Å². The minimum atomic E-state index is -1.30. The van der Waals surface area contributed by atoms with Gasteiger partial charge in [-0.2, -0.15) is 0 Å². The van der Waals surface area contributed by atoms with E-state index >= 15 is 0 Å². The molecular weight excluding hydrogens is 254 g/mol. The van der Waals surface area contributed by atoms with E-state index in [1.54, 1.807) is 6.92 Å². The third kappa shape index (κ3) is 4.70. The zero-order chi connectivity index (χ0) is 14.4. The summed E-state index contributed by atoms with van der Waals surface area (Å²) >= 11 is 0. The molecule has 1 rings (SSSR count). The maximum Gasteiger partial charge on any atom is 0.326 e. The summed E-state index contributed by atoms with van der Waals surface area (Å²) in [6.07, 6.45) is 2.05. The van der Waals surface area contributed by atoms with Crippen LogP contribution in [-0.2, 0) is 9.59 Å². The lowest BCUT2D eigenvalue weighted by Crippen LogP contribution is -2.41. The number of aromatic nitrogens is 2. The van der Waals surface area contributed by atoms with Gasteiger partial charge in [0, 0.05) is 12.6 Å². The highest BCUT2D eigenvalue weighted by molar-refractivity contribution is 5.94. The van der Waals surface area contributed by atoms with Gasteiger partial charge < -0.3 is 15.5 Å². The Balaban J connectivity index is 2.68. The molecule has 1 aromatic rings. The molecule has 0 saturated heterocycles. The van der Waals surface area contributed by atoms with Crippen LogP contribution >= 0.6 is 0 Å². The second-order valence-corrected chi connectivity index (χ2v) is 3.84. The molecule has 0 radical (unpaired) electrons. The van der Waals surface area contributed by atoms with Gasteiger partial charge in [-0.1, -0.05) is 0 Å². The van der Waals surface area contributed by atoms with E-state index in [4.69, 9.17) is 10.2 Å². The third-order valence-electron chi connectivity index (χ3n) is 2.26. The molecular formula is C11H13N3O5. The first-order valence-electron chi connectivity index (χ1n) is 5.44. The van der Waals surface area contributed by atoms with E-state index in [-0.39, 0.29) is 18.5 Å². The fourth-order valence-electron chi connectivity index (χ4n) is 1.27. The van der Waals surface area contributed by atoms with Crippen LogP contribution in [0.5, 0.6) is 0 Å². The van der Waals surface area contributed by atoms with E-state index in [1.165, 1.54) is 12.4 Å². The smallest absolute Gasteiger partial charge is 0.326 e. The summed E-state index contributed by atoms with van der Waals surface area (Å²) in [6.45, 7) is 1.70. The molecule has 1 heterocycles. The van der Waals surface area contributed by atoms with Crippen LogP contribution in [0.15, 0.2) is 12.4 Å². The lowest BCUT2D eigenvalue weighted by atomic mass is 10.1. The van der Waals surface area contributed by atoms with Crippen molar-refractivity contribution in [1.29, 1.82) is 0 Å². The van der Waals surface area contributed by atoms with Gasteiger partial charge >= 0.3 is 11.9 Å². The SMILES string of the molecule is Cc1cnc(C(=O)N[C@@H](CCC(=O)O)C(=O)O)cn1. The van der Waals surface area contributed by atoms with E-state index in [9.17, 15) is 14.4 Å². The maximum absolute atomic E-state index is 11.7. The molecule has 0 aliphatic rings. The first kappa shape index (κ1) is 14.6. The first-order valence-corrected chi connectivity index (χ1v) is 5.44. The summed E-state index contributed by atoms with van der Waals surface area (Å²) < 4.78 is 0. The number of carboxylic acids is 2. The van der Waals surface area contributed by atoms with Gasteiger partial charge in [-0.05, 0) is 13.3 Å². The van der Waals surface area contributed by atoms with E-state index in [2.05, 4.69) is 15.3 Å². The molecule has 0 aliphatic carbocycles. The number of aliphatic carboxylic acids is 2. The number of aryl methyl sites for hydroxylation is 1. The van der Waals surface area contributed by atoms with Crippen LogP contribution in [0.1, 0.15) is 29.0 Å². The van der Waals surface area contributed by atoms with Gasteiger partial charge in [0.05, 0.1) is 11.9 Å². The quantitative estimate of drug-likeness (QED) is 0.652. The van der Waals surface area contributed by atoms with Crippen molar-refractivity contribution in [2.45, 2.75) is 25.8 Å². The number of carbonyl (C=O) groups excluding carboxylic acids is 1. The van der Waals surface area contributed by atoms with Crippen LogP contribution in [0.2, 0.25) is 0 Å². The summed E-state index contributed by atoms with van der Waals surface area (Å²) in [7, 11) is 0. The fraction of sp³-hybridized carbons (Fsp3) is 0.364. The highest BCUT2D eigenvalue weighted by atomic mass is 16.4. The summed E-state index contributed by atoms with van der Waals surface area (Å²) in [5.41, 5.74) is 0.601. The van der Waals surface area contributed by atoms with Crippen molar-refractivity contribution in [3.8, 4) is 0 Å². The molecule has 0 aliphatic heterocycles. The van der Waals surface area contributed by atoms with Gasteiger partial charge in [0.1, 0.15) is 11.7 Å². The Hall–Kier alpha value is -2.51. The van der Waals surface area contributed by atoms with Gasteiger partial charge in [0.2, 0.25) is 0 Å². The second-order valence-electron chi connectivity index (χ2n) is 3.84. The van der Waals surface area contributed by atoms with Crippen molar-refractivity contribution < 1.29 is 24.6 Å². The minimum absolute atomic E-state index is 0.0211. The van der Waals surface area contributed by atoms with Crippen molar-refractivity contribution in [1.82, 2.24) is 15.3 Å². The predicted octanol–water partition coefficient (Wildman–Crippen LogP) is -0.167. The molecule has 3 N–H and O–H groups in total. The fourth-order valence-corrected chi connectivity index (χ4v) is 1.27. The summed E-state index contributed by atoms with van der Waals surface area (Å²) in [5.74, 6) is -3.13. The van der Waals surface area contributed by atoms with Gasteiger partial charge in [0.25, 0.3) is 5.91 Å². The molecule has 8 heteroatoms. The molecule has 1 atom stereocenters. The Morgan fingerprint density at radius 2 is 1.95 bits per heavy atom. The van der Waals surface area contributed by atoms with E-state index in [0.29, 0.717) is 5.69 Å². The number of nitrogens with zero attached hydrogens (tertiary/aromatic N) is 2. The number of nitrogens with one attached hydrogen (secondary N) is 1. The Labute approximate surface area is 108 Å². The number of hydrogen-bond acceptors (Lipinski definition) is 5. The third-order valence-corrected chi connectivity index (χ3v) is 2.26. The molecule has 0 saturated carbocycles. The van der Waals surface area contributed by atoms with Gasteiger partial charge in [-0.25, -0.2) is 9.78 Å². The van der Waals surface area contributed by atoms with Crippen LogP contribution < -0.4 is 5.32 Å². The van der Waals surface area contributed by atoms with Crippen molar-refractivity contribution in [2.75, 3.05) is 0 Å².